The third-order valence-electron chi connectivity index (χ3n) is 6.08. The molecule has 30 heavy (non-hydrogen) atoms. The van der Waals surface area contributed by atoms with E-state index in [2.05, 4.69) is 10.6 Å². The van der Waals surface area contributed by atoms with E-state index in [-0.39, 0.29) is 35.9 Å². The van der Waals surface area contributed by atoms with Crippen LogP contribution in [0.2, 0.25) is 0 Å². The zero-order valence-corrected chi connectivity index (χ0v) is 19.2. The van der Waals surface area contributed by atoms with Crippen LogP contribution < -0.4 is 10.6 Å². The fourth-order valence-electron chi connectivity index (χ4n) is 4.35. The number of hydrogen-bond acceptors (Lipinski definition) is 4. The van der Waals surface area contributed by atoms with E-state index in [1.165, 1.54) is 11.3 Å². The highest BCUT2D eigenvalue weighted by atomic mass is 16.5. The summed E-state index contributed by atoms with van der Waals surface area (Å²) in [7, 11) is 0. The number of nitrogens with zero attached hydrogens (tertiary/aromatic N) is 1. The van der Waals surface area contributed by atoms with Crippen molar-refractivity contribution in [1.82, 2.24) is 15.5 Å². The first-order valence-corrected chi connectivity index (χ1v) is 11.9. The summed E-state index contributed by atoms with van der Waals surface area (Å²) in [5.74, 6) is -0.270. The second-order valence-electron chi connectivity index (χ2n) is 9.64. The fourth-order valence-corrected chi connectivity index (χ4v) is 4.35. The molecule has 172 valence electrons. The largest absolute Gasteiger partial charge is 0.449 e. The lowest BCUT2D eigenvalue weighted by atomic mass is 9.92. The Balaban J connectivity index is 2.13. The van der Waals surface area contributed by atoms with E-state index in [4.69, 9.17) is 4.74 Å². The predicted octanol–water partition coefficient (Wildman–Crippen LogP) is 4.60. The number of urea groups is 1. The van der Waals surface area contributed by atoms with Gasteiger partial charge in [-0.25, -0.2) is 9.59 Å². The molecule has 0 aliphatic heterocycles. The number of amides is 4. The topological polar surface area (TPSA) is 87.7 Å². The molecule has 1 atom stereocenters. The van der Waals surface area contributed by atoms with Crippen LogP contribution >= 0.6 is 0 Å². The van der Waals surface area contributed by atoms with Crippen LogP contribution in [0.3, 0.4) is 0 Å². The smallest absolute Gasteiger partial charge is 0.407 e. The van der Waals surface area contributed by atoms with Crippen molar-refractivity contribution < 1.29 is 19.1 Å². The molecule has 0 saturated heterocycles. The van der Waals surface area contributed by atoms with Gasteiger partial charge in [0.25, 0.3) is 5.91 Å². The Labute approximate surface area is 181 Å². The number of hydrogen-bond donors (Lipinski definition) is 2. The summed E-state index contributed by atoms with van der Waals surface area (Å²) >= 11 is 0. The first kappa shape index (κ1) is 24.5. The molecular formula is C23H41N3O4. The molecule has 2 aliphatic carbocycles. The summed E-state index contributed by atoms with van der Waals surface area (Å²) in [6, 6.07) is -1.07. The highest BCUT2D eigenvalue weighted by Gasteiger charge is 2.38. The van der Waals surface area contributed by atoms with E-state index in [1.54, 1.807) is 0 Å². The third kappa shape index (κ3) is 7.47. The molecule has 2 fully saturated rings. The number of rotatable bonds is 7. The first-order chi connectivity index (χ1) is 14.3. The molecule has 0 aromatic rings. The number of imide groups is 1. The third-order valence-corrected chi connectivity index (χ3v) is 6.08. The molecule has 0 radical (unpaired) electrons. The van der Waals surface area contributed by atoms with E-state index in [0.29, 0.717) is 6.61 Å². The lowest BCUT2D eigenvalue weighted by Crippen LogP contribution is -2.59. The van der Waals surface area contributed by atoms with Gasteiger partial charge in [-0.05, 0) is 37.5 Å². The minimum atomic E-state index is -0.788. The molecule has 1 unspecified atom stereocenters. The molecule has 7 heteroatoms. The van der Waals surface area contributed by atoms with Crippen LogP contribution in [0.4, 0.5) is 9.59 Å². The Morgan fingerprint density at radius 1 is 0.900 bits per heavy atom. The van der Waals surface area contributed by atoms with Gasteiger partial charge >= 0.3 is 12.1 Å². The van der Waals surface area contributed by atoms with Gasteiger partial charge in [0.15, 0.2) is 0 Å². The summed E-state index contributed by atoms with van der Waals surface area (Å²) < 4.78 is 5.22. The van der Waals surface area contributed by atoms with Crippen LogP contribution in [0, 0.1) is 11.8 Å². The van der Waals surface area contributed by atoms with Crippen LogP contribution in [0.25, 0.3) is 0 Å². The quantitative estimate of drug-likeness (QED) is 0.626. The molecule has 2 N–H and O–H groups in total. The van der Waals surface area contributed by atoms with E-state index >= 15 is 0 Å². The van der Waals surface area contributed by atoms with Crippen LogP contribution in [0.15, 0.2) is 0 Å². The van der Waals surface area contributed by atoms with Gasteiger partial charge < -0.3 is 15.4 Å². The molecular weight excluding hydrogens is 382 g/mol. The lowest BCUT2D eigenvalue weighted by molar-refractivity contribution is -0.133. The van der Waals surface area contributed by atoms with Crippen molar-refractivity contribution in [2.75, 3.05) is 6.61 Å². The van der Waals surface area contributed by atoms with Crippen molar-refractivity contribution in [3.05, 3.63) is 0 Å². The molecule has 2 rings (SSSR count). The van der Waals surface area contributed by atoms with Crippen molar-refractivity contribution in [1.29, 1.82) is 0 Å². The highest BCUT2D eigenvalue weighted by Crippen LogP contribution is 2.25. The number of carbonyl (C=O) groups is 3. The lowest BCUT2D eigenvalue weighted by Gasteiger charge is -2.37. The number of ether oxygens (including phenoxy) is 1. The normalized spacial score (nSPS) is 19.4. The van der Waals surface area contributed by atoms with E-state index in [0.717, 1.165) is 57.8 Å². The Hall–Kier alpha value is -1.79. The van der Waals surface area contributed by atoms with Gasteiger partial charge in [0, 0.05) is 12.1 Å². The fraction of sp³-hybridized carbons (Fsp3) is 0.870. The Morgan fingerprint density at radius 3 is 2.00 bits per heavy atom. The SMILES string of the molecule is CC(C)COC(=O)NC(C(=O)N(C(=O)NC1CCCCC1)C1CCCCC1)C(C)C. The minimum Gasteiger partial charge on any atom is -0.449 e. The maximum Gasteiger partial charge on any atom is 0.407 e. The molecule has 2 saturated carbocycles. The first-order valence-electron chi connectivity index (χ1n) is 11.9. The average Bonchev–Trinajstić information content (AvgIpc) is 2.71. The molecule has 0 heterocycles. The monoisotopic (exact) mass is 423 g/mol. The maximum absolute atomic E-state index is 13.5. The van der Waals surface area contributed by atoms with Crippen molar-refractivity contribution in [3.8, 4) is 0 Å². The highest BCUT2D eigenvalue weighted by molar-refractivity contribution is 5.99. The van der Waals surface area contributed by atoms with E-state index in [1.807, 2.05) is 27.7 Å². The Morgan fingerprint density at radius 2 is 1.47 bits per heavy atom. The van der Waals surface area contributed by atoms with Gasteiger partial charge in [-0.15, -0.1) is 0 Å². The summed E-state index contributed by atoms with van der Waals surface area (Å²) in [5.41, 5.74) is 0. The van der Waals surface area contributed by atoms with Gasteiger partial charge in [0.05, 0.1) is 6.61 Å². The predicted molar refractivity (Wildman–Crippen MR) is 117 cm³/mol. The van der Waals surface area contributed by atoms with E-state index < -0.39 is 12.1 Å². The van der Waals surface area contributed by atoms with Gasteiger partial charge in [0.2, 0.25) is 0 Å². The molecule has 2 aliphatic rings. The summed E-state index contributed by atoms with van der Waals surface area (Å²) in [6.07, 6.45) is 9.57. The van der Waals surface area contributed by atoms with Crippen molar-refractivity contribution in [2.45, 2.75) is 110 Å². The van der Waals surface area contributed by atoms with Crippen molar-refractivity contribution >= 4 is 18.0 Å². The number of alkyl carbamates (subject to hydrolysis) is 1. The number of carbonyl (C=O) groups excluding carboxylic acids is 3. The molecule has 0 aromatic heterocycles. The van der Waals surface area contributed by atoms with Crippen LogP contribution in [-0.4, -0.2) is 47.7 Å². The Kier molecular flexibility index (Phi) is 9.92. The molecule has 4 amide bonds. The summed E-state index contributed by atoms with van der Waals surface area (Å²) in [6.45, 7) is 7.96. The molecule has 0 spiro atoms. The van der Waals surface area contributed by atoms with E-state index in [9.17, 15) is 14.4 Å². The van der Waals surface area contributed by atoms with Crippen LogP contribution in [-0.2, 0) is 9.53 Å². The van der Waals surface area contributed by atoms with Gasteiger partial charge in [-0.3, -0.25) is 9.69 Å². The second-order valence-corrected chi connectivity index (χ2v) is 9.64. The van der Waals surface area contributed by atoms with Crippen molar-refractivity contribution in [2.24, 2.45) is 11.8 Å². The standard InChI is InChI=1S/C23H41N3O4/c1-16(2)15-30-23(29)25-20(17(3)4)21(27)26(19-13-9-6-10-14-19)22(28)24-18-11-7-5-8-12-18/h16-20H,5-15H2,1-4H3,(H,24,28)(H,25,29). The van der Waals surface area contributed by atoms with Crippen molar-refractivity contribution in [3.63, 3.8) is 0 Å². The maximum atomic E-state index is 13.5. The zero-order chi connectivity index (χ0) is 22.1. The zero-order valence-electron chi connectivity index (χ0n) is 19.2. The molecule has 0 aromatic carbocycles. The van der Waals surface area contributed by atoms with Crippen LogP contribution in [0.5, 0.6) is 0 Å². The molecule has 0 bridgehead atoms. The number of nitrogens with one attached hydrogen (secondary N) is 2. The second kappa shape index (κ2) is 12.2. The van der Waals surface area contributed by atoms with Gasteiger partial charge in [-0.2, -0.15) is 0 Å². The Bertz CT molecular complexity index is 567. The average molecular weight is 424 g/mol. The molecule has 7 nitrogen and oxygen atoms in total. The minimum absolute atomic E-state index is 0.107. The summed E-state index contributed by atoms with van der Waals surface area (Å²) in [5, 5.41) is 5.82. The van der Waals surface area contributed by atoms with Crippen LogP contribution in [0.1, 0.15) is 91.9 Å². The van der Waals surface area contributed by atoms with Gasteiger partial charge in [-0.1, -0.05) is 66.2 Å². The summed E-state index contributed by atoms with van der Waals surface area (Å²) in [4.78, 5) is 40.4. The van der Waals surface area contributed by atoms with Gasteiger partial charge in [0.1, 0.15) is 6.04 Å².